The van der Waals surface area contributed by atoms with Crippen LogP contribution in [-0.2, 0) is 12.8 Å². The Hall–Kier alpha value is -2.93. The lowest BCUT2D eigenvalue weighted by atomic mass is 9.86. The SMILES string of the molecule is CC1(C)C=c2ccccc2=NC1.c1ccc2c(c1)ccc1c3c(ccc12)CCCC3. The average molecular weight is 392 g/mol. The van der Waals surface area contributed by atoms with Crippen molar-refractivity contribution in [2.24, 2.45) is 10.4 Å². The van der Waals surface area contributed by atoms with E-state index < -0.39 is 0 Å². The summed E-state index contributed by atoms with van der Waals surface area (Å²) in [7, 11) is 0. The minimum Gasteiger partial charge on any atom is -0.284 e. The molecule has 1 aliphatic heterocycles. The molecule has 0 atom stereocenters. The van der Waals surface area contributed by atoms with E-state index in [4.69, 9.17) is 0 Å². The van der Waals surface area contributed by atoms with Crippen molar-refractivity contribution in [2.45, 2.75) is 39.5 Å². The molecule has 1 heterocycles. The van der Waals surface area contributed by atoms with E-state index in [2.05, 4.69) is 91.6 Å². The average Bonchev–Trinajstić information content (AvgIpc) is 2.78. The van der Waals surface area contributed by atoms with Crippen molar-refractivity contribution in [1.29, 1.82) is 0 Å². The maximum Gasteiger partial charge on any atom is 0.0643 e. The lowest BCUT2D eigenvalue weighted by Gasteiger charge is -2.19. The van der Waals surface area contributed by atoms with Crippen LogP contribution in [0.25, 0.3) is 27.6 Å². The molecule has 1 heteroatoms. The second-order valence-electron chi connectivity index (χ2n) is 9.30. The van der Waals surface area contributed by atoms with Crippen molar-refractivity contribution >= 4 is 27.6 Å². The van der Waals surface area contributed by atoms with Crippen molar-refractivity contribution in [3.8, 4) is 0 Å². The fourth-order valence-electron chi connectivity index (χ4n) is 4.85. The largest absolute Gasteiger partial charge is 0.284 e. The normalized spacial score (nSPS) is 16.5. The van der Waals surface area contributed by atoms with Crippen molar-refractivity contribution in [1.82, 2.24) is 0 Å². The Kier molecular flexibility index (Phi) is 4.90. The third kappa shape index (κ3) is 3.65. The molecule has 0 N–H and O–H groups in total. The van der Waals surface area contributed by atoms with Crippen LogP contribution in [0.5, 0.6) is 0 Å². The molecule has 0 aromatic heterocycles. The zero-order valence-corrected chi connectivity index (χ0v) is 18.0. The fourth-order valence-corrected chi connectivity index (χ4v) is 4.85. The number of nitrogens with zero attached hydrogens (tertiary/aromatic N) is 1. The lowest BCUT2D eigenvalue weighted by molar-refractivity contribution is 0.517. The third-order valence-electron chi connectivity index (χ3n) is 6.40. The first kappa shape index (κ1) is 19.1. The summed E-state index contributed by atoms with van der Waals surface area (Å²) in [5.41, 5.74) is 3.41. The standard InChI is InChI=1S/C18H16.C11H13N/c1-3-7-15-13(5-1)9-11-18-16-8-4-2-6-14(16)10-12-17(15)18;1-11(2)7-9-5-3-4-6-10(9)12-8-11/h1,3,5,7,9-12H,2,4,6,8H2;3-7H,8H2,1-2H3. The van der Waals surface area contributed by atoms with E-state index in [0.29, 0.717) is 0 Å². The van der Waals surface area contributed by atoms with E-state index in [-0.39, 0.29) is 5.41 Å². The molecule has 0 fully saturated rings. The molecular weight excluding hydrogens is 362 g/mol. The molecule has 0 spiro atoms. The van der Waals surface area contributed by atoms with Crippen molar-refractivity contribution in [2.75, 3.05) is 6.54 Å². The van der Waals surface area contributed by atoms with Gasteiger partial charge in [-0.3, -0.25) is 4.99 Å². The minimum atomic E-state index is 0.231. The van der Waals surface area contributed by atoms with Crippen LogP contribution in [0.3, 0.4) is 0 Å². The van der Waals surface area contributed by atoms with Gasteiger partial charge in [-0.05, 0) is 69.6 Å². The summed E-state index contributed by atoms with van der Waals surface area (Å²) >= 11 is 0. The van der Waals surface area contributed by atoms with Gasteiger partial charge in [-0.1, -0.05) is 86.7 Å². The number of benzene rings is 4. The van der Waals surface area contributed by atoms with E-state index in [1.807, 2.05) is 6.07 Å². The molecule has 1 aliphatic carbocycles. The lowest BCUT2D eigenvalue weighted by Crippen LogP contribution is -2.33. The first-order chi connectivity index (χ1) is 14.6. The summed E-state index contributed by atoms with van der Waals surface area (Å²) in [6.45, 7) is 5.34. The molecule has 4 aromatic carbocycles. The molecule has 0 unspecified atom stereocenters. The van der Waals surface area contributed by atoms with Gasteiger partial charge in [-0.2, -0.15) is 0 Å². The maximum atomic E-state index is 4.51. The van der Waals surface area contributed by atoms with Crippen LogP contribution >= 0.6 is 0 Å². The quantitative estimate of drug-likeness (QED) is 0.326. The van der Waals surface area contributed by atoms with Crippen molar-refractivity contribution in [3.05, 3.63) is 94.5 Å². The van der Waals surface area contributed by atoms with Crippen LogP contribution < -0.4 is 10.6 Å². The number of hydrogen-bond acceptors (Lipinski definition) is 1. The molecule has 0 saturated carbocycles. The van der Waals surface area contributed by atoms with Gasteiger partial charge >= 0.3 is 0 Å². The molecule has 30 heavy (non-hydrogen) atoms. The zero-order valence-electron chi connectivity index (χ0n) is 18.0. The predicted molar refractivity (Wildman–Crippen MR) is 128 cm³/mol. The summed E-state index contributed by atoms with van der Waals surface area (Å²) in [6, 6.07) is 26.3. The minimum absolute atomic E-state index is 0.231. The Morgan fingerprint density at radius 3 is 2.40 bits per heavy atom. The second kappa shape index (κ2) is 7.72. The van der Waals surface area contributed by atoms with Crippen LogP contribution in [-0.4, -0.2) is 6.54 Å². The molecule has 2 aliphatic rings. The van der Waals surface area contributed by atoms with E-state index in [0.717, 1.165) is 11.9 Å². The van der Waals surface area contributed by atoms with Gasteiger partial charge in [0.2, 0.25) is 0 Å². The smallest absolute Gasteiger partial charge is 0.0643 e. The summed E-state index contributed by atoms with van der Waals surface area (Å²) in [4.78, 5) is 4.51. The number of hydrogen-bond donors (Lipinski definition) is 0. The molecule has 0 radical (unpaired) electrons. The number of para-hydroxylation sites is 1. The van der Waals surface area contributed by atoms with Crippen LogP contribution in [0.4, 0.5) is 0 Å². The van der Waals surface area contributed by atoms with Gasteiger partial charge in [0.25, 0.3) is 0 Å². The highest BCUT2D eigenvalue weighted by molar-refractivity contribution is 6.08. The van der Waals surface area contributed by atoms with E-state index >= 15 is 0 Å². The van der Waals surface area contributed by atoms with Crippen LogP contribution in [0.1, 0.15) is 37.8 Å². The zero-order chi connectivity index (χ0) is 20.6. The van der Waals surface area contributed by atoms with Gasteiger partial charge in [0.15, 0.2) is 0 Å². The first-order valence-electron chi connectivity index (χ1n) is 11.2. The molecule has 6 rings (SSSR count). The van der Waals surface area contributed by atoms with Gasteiger partial charge in [-0.25, -0.2) is 0 Å². The molecular formula is C29H29N. The van der Waals surface area contributed by atoms with Gasteiger partial charge in [0, 0.05) is 12.0 Å². The Morgan fingerprint density at radius 1 is 0.700 bits per heavy atom. The molecule has 1 nitrogen and oxygen atoms in total. The van der Waals surface area contributed by atoms with Gasteiger partial charge < -0.3 is 0 Å². The second-order valence-corrected chi connectivity index (χ2v) is 9.30. The Balaban J connectivity index is 0.000000140. The number of rotatable bonds is 0. The first-order valence-corrected chi connectivity index (χ1v) is 11.2. The molecule has 0 saturated heterocycles. The Morgan fingerprint density at radius 2 is 1.47 bits per heavy atom. The summed E-state index contributed by atoms with van der Waals surface area (Å²) in [5, 5.41) is 8.05. The van der Waals surface area contributed by atoms with E-state index in [9.17, 15) is 0 Å². The molecule has 150 valence electrons. The maximum absolute atomic E-state index is 4.51. The van der Waals surface area contributed by atoms with Crippen LogP contribution in [0.15, 0.2) is 77.8 Å². The third-order valence-corrected chi connectivity index (χ3v) is 6.40. The van der Waals surface area contributed by atoms with Gasteiger partial charge in [0.1, 0.15) is 0 Å². The number of fused-ring (bicyclic) bond motifs is 6. The molecule has 0 amide bonds. The summed E-state index contributed by atoms with van der Waals surface area (Å²) in [5.74, 6) is 0. The number of aryl methyl sites for hydroxylation is 2. The predicted octanol–water partition coefficient (Wildman–Crippen LogP) is 6.00. The van der Waals surface area contributed by atoms with E-state index in [1.165, 1.54) is 52.4 Å². The summed E-state index contributed by atoms with van der Waals surface area (Å²) in [6.07, 6.45) is 7.52. The summed E-state index contributed by atoms with van der Waals surface area (Å²) < 4.78 is 0. The van der Waals surface area contributed by atoms with Crippen molar-refractivity contribution in [3.63, 3.8) is 0 Å². The monoisotopic (exact) mass is 391 g/mol. The topological polar surface area (TPSA) is 12.4 Å². The highest BCUT2D eigenvalue weighted by atomic mass is 14.7. The molecule has 0 bridgehead atoms. The van der Waals surface area contributed by atoms with Gasteiger partial charge in [0.05, 0.1) is 5.36 Å². The van der Waals surface area contributed by atoms with Crippen molar-refractivity contribution < 1.29 is 0 Å². The van der Waals surface area contributed by atoms with Crippen LogP contribution in [0.2, 0.25) is 0 Å². The molecule has 4 aromatic rings. The fraction of sp³-hybridized carbons (Fsp3) is 0.276. The van der Waals surface area contributed by atoms with E-state index in [1.54, 1.807) is 11.1 Å². The highest BCUT2D eigenvalue weighted by Crippen LogP contribution is 2.33. The highest BCUT2D eigenvalue weighted by Gasteiger charge is 2.15. The Labute approximate surface area is 178 Å². The Bertz CT molecular complexity index is 1340. The van der Waals surface area contributed by atoms with Gasteiger partial charge in [-0.15, -0.1) is 0 Å². The van der Waals surface area contributed by atoms with Crippen LogP contribution in [0, 0.1) is 5.41 Å².